The minimum atomic E-state index is -2.97. The molecule has 24 heavy (non-hydrogen) atoms. The first-order valence-electron chi connectivity index (χ1n) is 6.62. The Morgan fingerprint density at radius 3 is 2.96 bits per heavy atom. The van der Waals surface area contributed by atoms with Crippen LogP contribution in [0, 0.1) is 0 Å². The summed E-state index contributed by atoms with van der Waals surface area (Å²) in [6, 6.07) is 5.88. The molecule has 6 nitrogen and oxygen atoms in total. The lowest BCUT2D eigenvalue weighted by Crippen LogP contribution is -2.06. The largest absolute Gasteiger partial charge is 0.478 e. The van der Waals surface area contributed by atoms with E-state index in [-0.39, 0.29) is 17.6 Å². The van der Waals surface area contributed by atoms with Gasteiger partial charge in [0.25, 0.3) is 5.88 Å². The summed E-state index contributed by atoms with van der Waals surface area (Å²) in [7, 11) is 1.31. The Kier molecular flexibility index (Phi) is 5.05. The second-order valence-corrected chi connectivity index (χ2v) is 6.26. The van der Waals surface area contributed by atoms with Crippen LogP contribution in [0.15, 0.2) is 40.0 Å². The lowest BCUT2D eigenvalue weighted by Gasteiger charge is -2.09. The summed E-state index contributed by atoms with van der Waals surface area (Å²) in [6.07, 6.45) is 2.98. The van der Waals surface area contributed by atoms with Crippen molar-refractivity contribution in [3.63, 3.8) is 0 Å². The van der Waals surface area contributed by atoms with E-state index in [4.69, 9.17) is 4.74 Å². The highest BCUT2D eigenvalue weighted by Gasteiger charge is 2.14. The van der Waals surface area contributed by atoms with Crippen LogP contribution in [-0.2, 0) is 0 Å². The molecule has 0 radical (unpaired) electrons. The second-order valence-electron chi connectivity index (χ2n) is 4.49. The zero-order valence-electron chi connectivity index (χ0n) is 12.2. The SMILES string of the molecule is COc1nc(NSc2c[nH]c3cc(Br)ccc23)ncc1OC(F)F. The third kappa shape index (κ3) is 3.70. The Morgan fingerprint density at radius 1 is 1.38 bits per heavy atom. The Balaban J connectivity index is 1.76. The van der Waals surface area contributed by atoms with Gasteiger partial charge in [0.1, 0.15) is 0 Å². The molecule has 0 saturated carbocycles. The quantitative estimate of drug-likeness (QED) is 0.578. The van der Waals surface area contributed by atoms with Gasteiger partial charge in [0.15, 0.2) is 0 Å². The van der Waals surface area contributed by atoms with Gasteiger partial charge in [-0.2, -0.15) is 13.8 Å². The maximum atomic E-state index is 12.3. The van der Waals surface area contributed by atoms with Gasteiger partial charge in [-0.3, -0.25) is 4.72 Å². The third-order valence-electron chi connectivity index (χ3n) is 2.99. The highest BCUT2D eigenvalue weighted by atomic mass is 79.9. The predicted octanol–water partition coefficient (Wildman–Crippen LogP) is 4.45. The van der Waals surface area contributed by atoms with Gasteiger partial charge in [-0.05, 0) is 24.1 Å². The van der Waals surface area contributed by atoms with Gasteiger partial charge in [0, 0.05) is 21.6 Å². The van der Waals surface area contributed by atoms with Gasteiger partial charge < -0.3 is 14.5 Å². The van der Waals surface area contributed by atoms with E-state index in [0.29, 0.717) is 0 Å². The molecule has 3 aromatic rings. The number of hydrogen-bond donors (Lipinski definition) is 2. The molecule has 126 valence electrons. The first-order valence-corrected chi connectivity index (χ1v) is 8.23. The topological polar surface area (TPSA) is 72.1 Å². The normalized spacial score (nSPS) is 11.0. The van der Waals surface area contributed by atoms with Crippen LogP contribution < -0.4 is 14.2 Å². The zero-order valence-corrected chi connectivity index (χ0v) is 14.6. The second kappa shape index (κ2) is 7.22. The molecule has 2 heterocycles. The molecule has 0 fully saturated rings. The summed E-state index contributed by atoms with van der Waals surface area (Å²) < 4.78 is 37.7. The Hall–Kier alpha value is -2.07. The third-order valence-corrected chi connectivity index (χ3v) is 4.33. The number of aromatic amines is 1. The molecule has 0 atom stereocenters. The number of hydrogen-bond acceptors (Lipinski definition) is 6. The van der Waals surface area contributed by atoms with Crippen LogP contribution >= 0.6 is 27.9 Å². The Morgan fingerprint density at radius 2 is 2.21 bits per heavy atom. The summed E-state index contributed by atoms with van der Waals surface area (Å²) >= 11 is 4.70. The number of nitrogens with one attached hydrogen (secondary N) is 2. The van der Waals surface area contributed by atoms with Gasteiger partial charge in [-0.25, -0.2) is 4.98 Å². The van der Waals surface area contributed by atoms with Crippen molar-refractivity contribution in [1.82, 2.24) is 15.0 Å². The van der Waals surface area contributed by atoms with E-state index in [1.807, 2.05) is 24.4 Å². The Labute approximate surface area is 148 Å². The van der Waals surface area contributed by atoms with Gasteiger partial charge >= 0.3 is 6.61 Å². The minimum absolute atomic E-state index is 0.0729. The highest BCUT2D eigenvalue weighted by Crippen LogP contribution is 2.31. The predicted molar refractivity (Wildman–Crippen MR) is 90.7 cm³/mol. The minimum Gasteiger partial charge on any atom is -0.478 e. The van der Waals surface area contributed by atoms with E-state index in [9.17, 15) is 8.78 Å². The van der Waals surface area contributed by atoms with E-state index >= 15 is 0 Å². The van der Waals surface area contributed by atoms with Crippen LogP contribution in [0.5, 0.6) is 11.6 Å². The molecule has 0 amide bonds. The number of benzene rings is 1. The van der Waals surface area contributed by atoms with E-state index in [2.05, 4.69) is 40.3 Å². The number of ether oxygens (including phenoxy) is 2. The molecular formula is C14H11BrF2N4O2S. The van der Waals surface area contributed by atoms with Crippen LogP contribution in [0.3, 0.4) is 0 Å². The van der Waals surface area contributed by atoms with Crippen molar-refractivity contribution < 1.29 is 18.3 Å². The summed E-state index contributed by atoms with van der Waals surface area (Å²) in [6.45, 7) is -2.97. The fraction of sp³-hybridized carbons (Fsp3) is 0.143. The van der Waals surface area contributed by atoms with Crippen LogP contribution in [0.25, 0.3) is 10.9 Å². The standard InChI is InChI=1S/C14H11BrF2N4O2S/c1-22-12-10(23-13(16)17)5-19-14(20-12)21-24-11-6-18-9-4-7(15)2-3-8(9)11/h2-6,13,18H,1H3,(H,19,20,21). The molecule has 0 saturated heterocycles. The van der Waals surface area contributed by atoms with Crippen LogP contribution in [0.4, 0.5) is 14.7 Å². The molecule has 0 spiro atoms. The first-order chi connectivity index (χ1) is 11.6. The zero-order chi connectivity index (χ0) is 17.1. The molecule has 0 unspecified atom stereocenters. The van der Waals surface area contributed by atoms with Crippen molar-refractivity contribution in [3.8, 4) is 11.6 Å². The van der Waals surface area contributed by atoms with Crippen molar-refractivity contribution in [1.29, 1.82) is 0 Å². The van der Waals surface area contributed by atoms with E-state index < -0.39 is 6.61 Å². The highest BCUT2D eigenvalue weighted by molar-refractivity contribution is 9.10. The lowest BCUT2D eigenvalue weighted by atomic mass is 10.2. The number of nitrogens with zero attached hydrogens (tertiary/aromatic N) is 2. The van der Waals surface area contributed by atoms with E-state index in [0.717, 1.165) is 26.5 Å². The molecule has 0 aliphatic rings. The molecule has 0 aliphatic carbocycles. The van der Waals surface area contributed by atoms with Crippen molar-refractivity contribution in [2.45, 2.75) is 11.5 Å². The smallest absolute Gasteiger partial charge is 0.387 e. The Bertz CT molecular complexity index is 862. The number of aromatic nitrogens is 3. The molecule has 0 aliphatic heterocycles. The molecule has 2 aromatic heterocycles. The van der Waals surface area contributed by atoms with Crippen molar-refractivity contribution in [2.24, 2.45) is 0 Å². The van der Waals surface area contributed by atoms with E-state index in [1.165, 1.54) is 19.1 Å². The van der Waals surface area contributed by atoms with Gasteiger partial charge in [-0.15, -0.1) is 0 Å². The summed E-state index contributed by atoms with van der Waals surface area (Å²) in [5, 5.41) is 1.03. The number of rotatable bonds is 6. The first kappa shape index (κ1) is 16.8. The van der Waals surface area contributed by atoms with Crippen molar-refractivity contribution in [3.05, 3.63) is 35.1 Å². The lowest BCUT2D eigenvalue weighted by molar-refractivity contribution is -0.0518. The summed E-state index contributed by atoms with van der Waals surface area (Å²) in [4.78, 5) is 12.0. The fourth-order valence-corrected chi connectivity index (χ4v) is 3.05. The van der Waals surface area contributed by atoms with Crippen LogP contribution in [0.1, 0.15) is 0 Å². The fourth-order valence-electron chi connectivity index (χ4n) is 1.98. The maximum Gasteiger partial charge on any atom is 0.387 e. The number of halogens is 3. The number of alkyl halides is 2. The molecule has 3 rings (SSSR count). The van der Waals surface area contributed by atoms with E-state index in [1.54, 1.807) is 0 Å². The monoisotopic (exact) mass is 416 g/mol. The van der Waals surface area contributed by atoms with Crippen LogP contribution in [-0.4, -0.2) is 28.7 Å². The average molecular weight is 417 g/mol. The molecular weight excluding hydrogens is 406 g/mol. The number of anilines is 1. The molecule has 1 aromatic carbocycles. The van der Waals surface area contributed by atoms with Gasteiger partial charge in [-0.1, -0.05) is 22.0 Å². The van der Waals surface area contributed by atoms with Crippen molar-refractivity contribution in [2.75, 3.05) is 11.8 Å². The summed E-state index contributed by atoms with van der Waals surface area (Å²) in [5.41, 5.74) is 0.979. The molecule has 10 heteroatoms. The van der Waals surface area contributed by atoms with Crippen LogP contribution in [0.2, 0.25) is 0 Å². The van der Waals surface area contributed by atoms with Gasteiger partial charge in [0.05, 0.1) is 18.2 Å². The van der Waals surface area contributed by atoms with Gasteiger partial charge in [0.2, 0.25) is 11.7 Å². The maximum absolute atomic E-state index is 12.3. The summed E-state index contributed by atoms with van der Waals surface area (Å²) in [5.74, 6) is -0.0822. The number of methoxy groups -OCH3 is 1. The number of H-pyrrole nitrogens is 1. The average Bonchev–Trinajstić information content (AvgIpc) is 2.95. The van der Waals surface area contributed by atoms with Crippen molar-refractivity contribution >= 4 is 44.7 Å². The molecule has 0 bridgehead atoms. The molecule has 2 N–H and O–H groups in total. The number of fused-ring (bicyclic) bond motifs is 1.